The molecule has 2 N–H and O–H groups in total. The average Bonchev–Trinajstić information content (AvgIpc) is 2.60. The standard InChI is InChI=1S/C18H24N2O2.ClH/c1-22-18-7-6-15(14-4-2-3-5-16(14)18)17(8-13-21)20-11-9-19-10-12-20;/h2-7,17,19,21H,8-13H2,1H3;1H/t17-;/m1./s1. The second kappa shape index (κ2) is 8.50. The van der Waals surface area contributed by atoms with E-state index in [2.05, 4.69) is 34.5 Å². The van der Waals surface area contributed by atoms with Gasteiger partial charge in [-0.2, -0.15) is 0 Å². The van der Waals surface area contributed by atoms with Crippen molar-refractivity contribution in [1.29, 1.82) is 0 Å². The molecule has 0 saturated carbocycles. The van der Waals surface area contributed by atoms with E-state index < -0.39 is 0 Å². The van der Waals surface area contributed by atoms with Gasteiger partial charge in [-0.3, -0.25) is 4.90 Å². The molecule has 1 aliphatic heterocycles. The quantitative estimate of drug-likeness (QED) is 0.881. The molecule has 4 nitrogen and oxygen atoms in total. The summed E-state index contributed by atoms with van der Waals surface area (Å²) < 4.78 is 5.49. The summed E-state index contributed by atoms with van der Waals surface area (Å²) in [4.78, 5) is 2.47. The van der Waals surface area contributed by atoms with Gasteiger partial charge in [-0.15, -0.1) is 12.4 Å². The molecule has 23 heavy (non-hydrogen) atoms. The van der Waals surface area contributed by atoms with E-state index in [-0.39, 0.29) is 25.1 Å². The van der Waals surface area contributed by atoms with Crippen molar-refractivity contribution in [1.82, 2.24) is 10.2 Å². The summed E-state index contributed by atoms with van der Waals surface area (Å²) in [7, 11) is 1.71. The van der Waals surface area contributed by atoms with Crippen LogP contribution in [0.4, 0.5) is 0 Å². The molecule has 2 aromatic carbocycles. The maximum Gasteiger partial charge on any atom is 0.126 e. The van der Waals surface area contributed by atoms with Crippen LogP contribution in [0, 0.1) is 0 Å². The van der Waals surface area contributed by atoms with Crippen molar-refractivity contribution in [2.75, 3.05) is 39.9 Å². The van der Waals surface area contributed by atoms with Crippen molar-refractivity contribution < 1.29 is 9.84 Å². The molecule has 0 unspecified atom stereocenters. The highest BCUT2D eigenvalue weighted by molar-refractivity contribution is 5.91. The van der Waals surface area contributed by atoms with Crippen LogP contribution >= 0.6 is 12.4 Å². The minimum absolute atomic E-state index is 0. The highest BCUT2D eigenvalue weighted by atomic mass is 35.5. The van der Waals surface area contributed by atoms with Gasteiger partial charge in [-0.25, -0.2) is 0 Å². The third-order valence-corrected chi connectivity index (χ3v) is 4.49. The molecule has 1 fully saturated rings. The molecule has 0 aliphatic carbocycles. The fourth-order valence-electron chi connectivity index (χ4n) is 3.41. The molecule has 1 aliphatic rings. The number of aliphatic hydroxyl groups is 1. The van der Waals surface area contributed by atoms with E-state index in [1.807, 2.05) is 12.1 Å². The van der Waals surface area contributed by atoms with Crippen LogP contribution < -0.4 is 10.1 Å². The lowest BCUT2D eigenvalue weighted by Gasteiger charge is -2.35. The first kappa shape index (κ1) is 18.0. The van der Waals surface area contributed by atoms with E-state index in [9.17, 15) is 5.11 Å². The van der Waals surface area contributed by atoms with Crippen LogP contribution in [-0.4, -0.2) is 49.9 Å². The monoisotopic (exact) mass is 336 g/mol. The van der Waals surface area contributed by atoms with Crippen molar-refractivity contribution in [3.63, 3.8) is 0 Å². The Balaban J connectivity index is 0.00000192. The molecule has 126 valence electrons. The normalized spacial score (nSPS) is 16.8. The second-order valence-electron chi connectivity index (χ2n) is 5.72. The number of nitrogens with one attached hydrogen (secondary N) is 1. The lowest BCUT2D eigenvalue weighted by Crippen LogP contribution is -2.45. The van der Waals surface area contributed by atoms with Gasteiger partial charge in [0.05, 0.1) is 7.11 Å². The number of benzene rings is 2. The summed E-state index contributed by atoms with van der Waals surface area (Å²) in [6, 6.07) is 12.8. The zero-order chi connectivity index (χ0) is 15.4. The van der Waals surface area contributed by atoms with Gasteiger partial charge < -0.3 is 15.2 Å². The van der Waals surface area contributed by atoms with Gasteiger partial charge in [0.25, 0.3) is 0 Å². The Morgan fingerprint density at radius 2 is 1.83 bits per heavy atom. The largest absolute Gasteiger partial charge is 0.496 e. The molecular formula is C18H25ClN2O2. The minimum atomic E-state index is 0. The number of hydrogen-bond donors (Lipinski definition) is 2. The molecule has 0 amide bonds. The third kappa shape index (κ3) is 3.78. The summed E-state index contributed by atoms with van der Waals surface area (Å²) in [5, 5.41) is 15.3. The van der Waals surface area contributed by atoms with Gasteiger partial charge in [0.1, 0.15) is 5.75 Å². The molecule has 1 saturated heterocycles. The van der Waals surface area contributed by atoms with E-state index in [0.717, 1.165) is 43.7 Å². The van der Waals surface area contributed by atoms with E-state index in [0.29, 0.717) is 0 Å². The van der Waals surface area contributed by atoms with Crippen LogP contribution in [0.2, 0.25) is 0 Å². The summed E-state index contributed by atoms with van der Waals surface area (Å²) in [6.07, 6.45) is 0.760. The van der Waals surface area contributed by atoms with Crippen LogP contribution in [0.15, 0.2) is 36.4 Å². The lowest BCUT2D eigenvalue weighted by molar-refractivity contribution is 0.142. The summed E-state index contributed by atoms with van der Waals surface area (Å²) in [5.41, 5.74) is 1.28. The topological polar surface area (TPSA) is 44.7 Å². The van der Waals surface area contributed by atoms with Crippen LogP contribution in [0.25, 0.3) is 10.8 Å². The summed E-state index contributed by atoms with van der Waals surface area (Å²) in [5.74, 6) is 0.905. The zero-order valence-corrected chi connectivity index (χ0v) is 14.3. The molecule has 5 heteroatoms. The average molecular weight is 337 g/mol. The number of hydrogen-bond acceptors (Lipinski definition) is 4. The van der Waals surface area contributed by atoms with E-state index >= 15 is 0 Å². The van der Waals surface area contributed by atoms with Crippen LogP contribution in [-0.2, 0) is 0 Å². The smallest absolute Gasteiger partial charge is 0.126 e. The first-order chi connectivity index (χ1) is 10.8. The SMILES string of the molecule is COc1ccc([C@@H](CCO)N2CCNCC2)c2ccccc12.Cl. The Morgan fingerprint density at radius 1 is 1.13 bits per heavy atom. The fourth-order valence-corrected chi connectivity index (χ4v) is 3.41. The number of aliphatic hydroxyl groups excluding tert-OH is 1. The number of methoxy groups -OCH3 is 1. The molecule has 0 spiro atoms. The van der Waals surface area contributed by atoms with Crippen molar-refractivity contribution in [3.8, 4) is 5.75 Å². The van der Waals surface area contributed by atoms with Crippen molar-refractivity contribution in [2.24, 2.45) is 0 Å². The predicted octanol–water partition coefficient (Wildman–Crippen LogP) is 2.60. The van der Waals surface area contributed by atoms with Crippen LogP contribution in [0.5, 0.6) is 5.75 Å². The number of halogens is 1. The fraction of sp³-hybridized carbons (Fsp3) is 0.444. The Labute approximate surface area is 143 Å². The van der Waals surface area contributed by atoms with Gasteiger partial charge in [-0.05, 0) is 23.4 Å². The first-order valence-electron chi connectivity index (χ1n) is 7.96. The van der Waals surface area contributed by atoms with Gasteiger partial charge in [0.15, 0.2) is 0 Å². The Hall–Kier alpha value is -1.33. The molecule has 3 rings (SSSR count). The van der Waals surface area contributed by atoms with E-state index in [1.165, 1.54) is 10.9 Å². The molecule has 2 aromatic rings. The van der Waals surface area contributed by atoms with Gasteiger partial charge in [0, 0.05) is 44.2 Å². The molecule has 0 radical (unpaired) electrons. The zero-order valence-electron chi connectivity index (χ0n) is 13.5. The Kier molecular flexibility index (Phi) is 6.66. The Bertz CT molecular complexity index is 629. The maximum atomic E-state index is 9.53. The summed E-state index contributed by atoms with van der Waals surface area (Å²) >= 11 is 0. The van der Waals surface area contributed by atoms with E-state index in [1.54, 1.807) is 7.11 Å². The van der Waals surface area contributed by atoms with Gasteiger partial charge >= 0.3 is 0 Å². The molecule has 1 atom stereocenters. The first-order valence-corrected chi connectivity index (χ1v) is 7.96. The van der Waals surface area contributed by atoms with Crippen LogP contribution in [0.3, 0.4) is 0 Å². The molecule has 0 aromatic heterocycles. The van der Waals surface area contributed by atoms with Crippen molar-refractivity contribution in [3.05, 3.63) is 42.0 Å². The number of fused-ring (bicyclic) bond motifs is 1. The van der Waals surface area contributed by atoms with Gasteiger partial charge in [0.2, 0.25) is 0 Å². The molecule has 0 bridgehead atoms. The number of piperazine rings is 1. The van der Waals surface area contributed by atoms with E-state index in [4.69, 9.17) is 4.74 Å². The maximum absolute atomic E-state index is 9.53. The third-order valence-electron chi connectivity index (χ3n) is 4.49. The highest BCUT2D eigenvalue weighted by Gasteiger charge is 2.23. The van der Waals surface area contributed by atoms with Crippen LogP contribution in [0.1, 0.15) is 18.0 Å². The number of ether oxygens (including phenoxy) is 1. The van der Waals surface area contributed by atoms with Crippen molar-refractivity contribution in [2.45, 2.75) is 12.5 Å². The molecule has 1 heterocycles. The Morgan fingerprint density at radius 3 is 2.48 bits per heavy atom. The number of nitrogens with zero attached hydrogens (tertiary/aromatic N) is 1. The number of rotatable bonds is 5. The lowest BCUT2D eigenvalue weighted by atomic mass is 9.94. The highest BCUT2D eigenvalue weighted by Crippen LogP contribution is 2.35. The predicted molar refractivity (Wildman–Crippen MR) is 96.6 cm³/mol. The van der Waals surface area contributed by atoms with Gasteiger partial charge in [-0.1, -0.05) is 30.3 Å². The molecular weight excluding hydrogens is 312 g/mol. The minimum Gasteiger partial charge on any atom is -0.496 e. The second-order valence-corrected chi connectivity index (χ2v) is 5.72. The summed E-state index contributed by atoms with van der Waals surface area (Å²) in [6.45, 7) is 4.26. The van der Waals surface area contributed by atoms with Crippen molar-refractivity contribution >= 4 is 23.2 Å².